The highest BCUT2D eigenvalue weighted by molar-refractivity contribution is 5.94. The van der Waals surface area contributed by atoms with Crippen LogP contribution in [0.15, 0.2) is 29.6 Å². The zero-order chi connectivity index (χ0) is 16.1. The maximum Gasteiger partial charge on any atom is 0.272 e. The fourth-order valence-electron chi connectivity index (χ4n) is 1.92. The minimum absolute atomic E-state index is 0.315. The largest absolute Gasteiger partial charge is 0.387 e. The number of rotatable bonds is 4. The summed E-state index contributed by atoms with van der Waals surface area (Å²) in [4.78, 5) is 15.5. The molecule has 0 unspecified atom stereocenters. The number of amides is 1. The first kappa shape index (κ1) is 16.5. The quantitative estimate of drug-likeness (QED) is 0.383. The lowest BCUT2D eigenvalue weighted by molar-refractivity contribution is -0.274. The Kier molecular flexibility index (Phi) is 5.52. The molecule has 0 saturated carbocycles. The molecule has 22 heavy (non-hydrogen) atoms. The molecule has 1 amide bonds. The van der Waals surface area contributed by atoms with E-state index in [1.165, 1.54) is 19.5 Å². The molecule has 4 N–H and O–H groups in total. The van der Waals surface area contributed by atoms with Crippen LogP contribution in [0.3, 0.4) is 0 Å². The predicted octanol–water partition coefficient (Wildman–Crippen LogP) is -1.75. The lowest BCUT2D eigenvalue weighted by atomic mass is 10.00. The van der Waals surface area contributed by atoms with Crippen LogP contribution in [0, 0.1) is 0 Å². The van der Waals surface area contributed by atoms with E-state index in [1.54, 1.807) is 12.1 Å². The van der Waals surface area contributed by atoms with Crippen LogP contribution in [0.1, 0.15) is 10.4 Å². The van der Waals surface area contributed by atoms with Gasteiger partial charge in [-0.2, -0.15) is 5.10 Å². The van der Waals surface area contributed by atoms with Gasteiger partial charge in [0, 0.05) is 19.5 Å². The molecule has 9 heteroatoms. The Morgan fingerprint density at radius 2 is 2.18 bits per heavy atom. The van der Waals surface area contributed by atoms with Crippen LogP contribution in [-0.4, -0.2) is 70.2 Å². The Hall–Kier alpha value is -1.91. The third-order valence-electron chi connectivity index (χ3n) is 3.15. The first-order valence-electron chi connectivity index (χ1n) is 6.50. The molecule has 5 atom stereocenters. The van der Waals surface area contributed by atoms with Crippen molar-refractivity contribution in [2.45, 2.75) is 30.7 Å². The van der Waals surface area contributed by atoms with Gasteiger partial charge >= 0.3 is 0 Å². The molecule has 1 fully saturated rings. The van der Waals surface area contributed by atoms with Crippen molar-refractivity contribution >= 4 is 12.1 Å². The summed E-state index contributed by atoms with van der Waals surface area (Å²) in [7, 11) is 1.29. The zero-order valence-electron chi connectivity index (χ0n) is 11.7. The summed E-state index contributed by atoms with van der Waals surface area (Å²) in [5, 5.41) is 32.8. The predicted molar refractivity (Wildman–Crippen MR) is 73.9 cm³/mol. The third kappa shape index (κ3) is 3.64. The summed E-state index contributed by atoms with van der Waals surface area (Å²) in [5.41, 5.74) is 2.55. The van der Waals surface area contributed by atoms with Crippen LogP contribution >= 0.6 is 0 Å². The Labute approximate surface area is 126 Å². The summed E-state index contributed by atoms with van der Waals surface area (Å²) in [6.45, 7) is 0. The monoisotopic (exact) mass is 311 g/mol. The van der Waals surface area contributed by atoms with Gasteiger partial charge in [0.25, 0.3) is 5.91 Å². The van der Waals surface area contributed by atoms with Gasteiger partial charge in [0.15, 0.2) is 6.29 Å². The van der Waals surface area contributed by atoms with E-state index in [4.69, 9.17) is 9.47 Å². The number of aliphatic hydroxyl groups is 3. The number of carbonyl (C=O) groups is 1. The lowest BCUT2D eigenvalue weighted by Gasteiger charge is -2.38. The summed E-state index contributed by atoms with van der Waals surface area (Å²) in [6.07, 6.45) is -2.37. The van der Waals surface area contributed by atoms with Crippen LogP contribution in [0.25, 0.3) is 0 Å². The highest BCUT2D eigenvalue weighted by atomic mass is 16.7. The summed E-state index contributed by atoms with van der Waals surface area (Å²) < 4.78 is 10.1. The molecular formula is C13H17N3O6. The number of pyridine rings is 1. The van der Waals surface area contributed by atoms with Crippen LogP contribution in [0.2, 0.25) is 0 Å². The molecule has 0 aromatic carbocycles. The summed E-state index contributed by atoms with van der Waals surface area (Å²) >= 11 is 0. The molecule has 0 radical (unpaired) electrons. The van der Waals surface area contributed by atoms with E-state index in [0.717, 1.165) is 6.21 Å². The van der Waals surface area contributed by atoms with E-state index in [1.807, 2.05) is 0 Å². The molecule has 0 aliphatic carbocycles. The SMILES string of the molecule is CO[C@@H]1O[C@H](/C=N/NC(=O)c2cccnc2)[C@H](O)[C@H](O)[C@H]1O. The number of nitrogens with zero attached hydrogens (tertiary/aromatic N) is 2. The molecule has 1 aliphatic heterocycles. The van der Waals surface area contributed by atoms with Gasteiger partial charge in [0.05, 0.1) is 11.8 Å². The Bertz CT molecular complexity index is 524. The molecular weight excluding hydrogens is 294 g/mol. The minimum atomic E-state index is -1.45. The van der Waals surface area contributed by atoms with E-state index in [9.17, 15) is 20.1 Å². The molecule has 0 spiro atoms. The molecule has 1 aliphatic rings. The normalized spacial score (nSPS) is 32.1. The van der Waals surface area contributed by atoms with Crippen LogP contribution < -0.4 is 5.43 Å². The maximum absolute atomic E-state index is 11.7. The van der Waals surface area contributed by atoms with Crippen LogP contribution in [0.5, 0.6) is 0 Å². The van der Waals surface area contributed by atoms with Gasteiger partial charge in [-0.05, 0) is 12.1 Å². The Balaban J connectivity index is 1.96. The number of hydrogen-bond acceptors (Lipinski definition) is 8. The minimum Gasteiger partial charge on any atom is -0.387 e. The molecule has 2 rings (SSSR count). The van der Waals surface area contributed by atoms with Gasteiger partial charge in [0.1, 0.15) is 24.4 Å². The first-order valence-corrected chi connectivity index (χ1v) is 6.50. The average Bonchev–Trinajstić information content (AvgIpc) is 2.55. The fraction of sp³-hybridized carbons (Fsp3) is 0.462. The Morgan fingerprint density at radius 3 is 2.82 bits per heavy atom. The number of hydrazone groups is 1. The second-order valence-electron chi connectivity index (χ2n) is 4.64. The van der Waals surface area contributed by atoms with Crippen molar-refractivity contribution in [2.75, 3.05) is 7.11 Å². The van der Waals surface area contributed by atoms with Crippen LogP contribution in [-0.2, 0) is 9.47 Å². The molecule has 0 bridgehead atoms. The van der Waals surface area contributed by atoms with Crippen LogP contribution in [0.4, 0.5) is 0 Å². The molecule has 2 heterocycles. The standard InChI is InChI=1S/C13H17N3O6/c1-21-13-11(19)10(18)9(17)8(22-13)6-15-16-12(20)7-3-2-4-14-5-7/h2-6,8-11,13,17-19H,1H3,(H,16,20)/b15-6+/t8-,9+,10+,11-,13-/m1/s1. The molecule has 120 valence electrons. The van der Waals surface area contributed by atoms with Gasteiger partial charge < -0.3 is 24.8 Å². The second-order valence-corrected chi connectivity index (χ2v) is 4.64. The molecule has 9 nitrogen and oxygen atoms in total. The number of hydrogen-bond donors (Lipinski definition) is 4. The van der Waals surface area contributed by atoms with E-state index >= 15 is 0 Å². The summed E-state index contributed by atoms with van der Waals surface area (Å²) in [6, 6.07) is 3.17. The van der Waals surface area contributed by atoms with Crippen molar-refractivity contribution in [3.63, 3.8) is 0 Å². The van der Waals surface area contributed by atoms with Crippen molar-refractivity contribution in [1.29, 1.82) is 0 Å². The average molecular weight is 311 g/mol. The van der Waals surface area contributed by atoms with Gasteiger partial charge in [-0.1, -0.05) is 0 Å². The lowest BCUT2D eigenvalue weighted by Crippen LogP contribution is -2.58. The van der Waals surface area contributed by atoms with Gasteiger partial charge in [-0.15, -0.1) is 0 Å². The third-order valence-corrected chi connectivity index (χ3v) is 3.15. The van der Waals surface area contributed by atoms with E-state index < -0.39 is 36.6 Å². The summed E-state index contributed by atoms with van der Waals surface area (Å²) in [5.74, 6) is -0.487. The topological polar surface area (TPSA) is 134 Å². The zero-order valence-corrected chi connectivity index (χ0v) is 11.7. The Morgan fingerprint density at radius 1 is 1.41 bits per heavy atom. The van der Waals surface area contributed by atoms with E-state index in [-0.39, 0.29) is 0 Å². The second kappa shape index (κ2) is 7.38. The van der Waals surface area contributed by atoms with Gasteiger partial charge in [0.2, 0.25) is 0 Å². The molecule has 1 saturated heterocycles. The number of carbonyl (C=O) groups excluding carboxylic acids is 1. The number of nitrogens with one attached hydrogen (secondary N) is 1. The highest BCUT2D eigenvalue weighted by Crippen LogP contribution is 2.20. The fourth-order valence-corrected chi connectivity index (χ4v) is 1.92. The van der Waals surface area contributed by atoms with Gasteiger partial charge in [-0.25, -0.2) is 5.43 Å². The molecule has 1 aromatic rings. The van der Waals surface area contributed by atoms with Crippen molar-refractivity contribution in [3.8, 4) is 0 Å². The number of aromatic nitrogens is 1. The molecule has 1 aromatic heterocycles. The highest BCUT2D eigenvalue weighted by Gasteiger charge is 2.43. The number of aliphatic hydroxyl groups excluding tert-OH is 3. The van der Waals surface area contributed by atoms with Crippen molar-refractivity contribution in [3.05, 3.63) is 30.1 Å². The smallest absolute Gasteiger partial charge is 0.272 e. The number of methoxy groups -OCH3 is 1. The maximum atomic E-state index is 11.7. The van der Waals surface area contributed by atoms with E-state index in [2.05, 4.69) is 15.5 Å². The number of ether oxygens (including phenoxy) is 2. The van der Waals surface area contributed by atoms with Gasteiger partial charge in [-0.3, -0.25) is 9.78 Å². The first-order chi connectivity index (χ1) is 10.5. The van der Waals surface area contributed by atoms with Crippen molar-refractivity contribution in [1.82, 2.24) is 10.4 Å². The van der Waals surface area contributed by atoms with E-state index in [0.29, 0.717) is 5.56 Å². The van der Waals surface area contributed by atoms with Crippen molar-refractivity contribution in [2.24, 2.45) is 5.10 Å². The van der Waals surface area contributed by atoms with Crippen molar-refractivity contribution < 1.29 is 29.6 Å².